The molecule has 5 nitrogen and oxygen atoms in total. The first-order valence-corrected chi connectivity index (χ1v) is 6.52. The number of carboxylic acids is 1. The Balaban J connectivity index is 1.88. The summed E-state index contributed by atoms with van der Waals surface area (Å²) in [5, 5.41) is 11.7. The first kappa shape index (κ1) is 13.5. The van der Waals surface area contributed by atoms with Crippen LogP contribution in [-0.4, -0.2) is 22.0 Å². The predicted molar refractivity (Wildman–Crippen MR) is 70.7 cm³/mol. The molecule has 0 spiro atoms. The number of carbonyl (C=O) groups is 2. The van der Waals surface area contributed by atoms with Crippen molar-refractivity contribution in [1.29, 1.82) is 0 Å². The van der Waals surface area contributed by atoms with Crippen LogP contribution in [0.15, 0.2) is 18.3 Å². The fourth-order valence-electron chi connectivity index (χ4n) is 2.39. The number of aryl methyl sites for hydroxylation is 1. The van der Waals surface area contributed by atoms with Gasteiger partial charge in [0.25, 0.3) is 0 Å². The molecule has 0 aliphatic heterocycles. The molecule has 2 N–H and O–H groups in total. The third kappa shape index (κ3) is 3.53. The zero-order chi connectivity index (χ0) is 13.8. The Hall–Kier alpha value is -1.91. The van der Waals surface area contributed by atoms with E-state index in [9.17, 15) is 9.59 Å². The lowest BCUT2D eigenvalue weighted by Gasteiger charge is -2.25. The number of hydrogen-bond donors (Lipinski definition) is 2. The normalized spacial score (nSPS) is 22.8. The van der Waals surface area contributed by atoms with Crippen molar-refractivity contribution in [1.82, 2.24) is 4.98 Å². The minimum atomic E-state index is -0.749. The molecule has 1 amide bonds. The second kappa shape index (κ2) is 5.82. The Bertz CT molecular complexity index is 462. The maximum Gasteiger partial charge on any atom is 0.306 e. The average Bonchev–Trinajstić information content (AvgIpc) is 2.41. The van der Waals surface area contributed by atoms with Crippen LogP contribution in [0, 0.1) is 18.8 Å². The predicted octanol–water partition coefficient (Wildman–Crippen LogP) is 2.22. The summed E-state index contributed by atoms with van der Waals surface area (Å²) in [5.41, 5.74) is 1.59. The van der Waals surface area contributed by atoms with Crippen molar-refractivity contribution < 1.29 is 14.7 Å². The quantitative estimate of drug-likeness (QED) is 0.875. The van der Waals surface area contributed by atoms with E-state index in [1.54, 1.807) is 6.20 Å². The van der Waals surface area contributed by atoms with Gasteiger partial charge in [0.05, 0.1) is 17.8 Å². The fraction of sp³-hybridized carbons (Fsp3) is 0.500. The van der Waals surface area contributed by atoms with Crippen LogP contribution in [-0.2, 0) is 9.59 Å². The number of hydrogen-bond acceptors (Lipinski definition) is 3. The van der Waals surface area contributed by atoms with Gasteiger partial charge in [0.1, 0.15) is 0 Å². The van der Waals surface area contributed by atoms with Crippen molar-refractivity contribution >= 4 is 17.6 Å². The van der Waals surface area contributed by atoms with Crippen LogP contribution in [0.5, 0.6) is 0 Å². The number of pyridine rings is 1. The third-order valence-corrected chi connectivity index (χ3v) is 3.63. The third-order valence-electron chi connectivity index (χ3n) is 3.63. The SMILES string of the molecule is Cc1ccc(NC(=O)C2CCC(C(=O)O)CC2)cn1. The highest BCUT2D eigenvalue weighted by Crippen LogP contribution is 2.29. The van der Waals surface area contributed by atoms with Gasteiger partial charge in [-0.25, -0.2) is 0 Å². The summed E-state index contributed by atoms with van der Waals surface area (Å²) in [6.45, 7) is 1.89. The van der Waals surface area contributed by atoms with Gasteiger partial charge in [-0.05, 0) is 44.7 Å². The largest absolute Gasteiger partial charge is 0.481 e. The molecular weight excluding hydrogens is 244 g/mol. The summed E-state index contributed by atoms with van der Waals surface area (Å²) in [4.78, 5) is 27.0. The van der Waals surface area contributed by atoms with Crippen molar-refractivity contribution in [3.05, 3.63) is 24.0 Å². The summed E-state index contributed by atoms with van der Waals surface area (Å²) in [6.07, 6.45) is 4.08. The molecule has 1 aromatic rings. The molecule has 0 unspecified atom stereocenters. The van der Waals surface area contributed by atoms with Crippen molar-refractivity contribution in [2.24, 2.45) is 11.8 Å². The summed E-state index contributed by atoms with van der Waals surface area (Å²) in [6, 6.07) is 3.67. The van der Waals surface area contributed by atoms with E-state index in [0.29, 0.717) is 31.4 Å². The van der Waals surface area contributed by atoms with E-state index in [-0.39, 0.29) is 17.7 Å². The highest BCUT2D eigenvalue weighted by atomic mass is 16.4. The molecule has 0 atom stereocenters. The van der Waals surface area contributed by atoms with Gasteiger partial charge in [0.2, 0.25) is 5.91 Å². The lowest BCUT2D eigenvalue weighted by Crippen LogP contribution is -2.29. The highest BCUT2D eigenvalue weighted by Gasteiger charge is 2.29. The van der Waals surface area contributed by atoms with Crippen molar-refractivity contribution in [3.63, 3.8) is 0 Å². The fourth-order valence-corrected chi connectivity index (χ4v) is 2.39. The van der Waals surface area contributed by atoms with E-state index in [0.717, 1.165) is 5.69 Å². The molecule has 1 aliphatic rings. The van der Waals surface area contributed by atoms with Crippen molar-refractivity contribution in [3.8, 4) is 0 Å². The summed E-state index contributed by atoms with van der Waals surface area (Å²) in [5.74, 6) is -1.15. The number of aliphatic carboxylic acids is 1. The van der Waals surface area contributed by atoms with Crippen LogP contribution < -0.4 is 5.32 Å². The molecule has 0 radical (unpaired) electrons. The average molecular weight is 262 g/mol. The highest BCUT2D eigenvalue weighted by molar-refractivity contribution is 5.92. The Kier molecular flexibility index (Phi) is 4.14. The van der Waals surface area contributed by atoms with Crippen molar-refractivity contribution in [2.45, 2.75) is 32.6 Å². The number of nitrogens with zero attached hydrogens (tertiary/aromatic N) is 1. The Labute approximate surface area is 112 Å². The van der Waals surface area contributed by atoms with E-state index < -0.39 is 5.97 Å². The van der Waals surface area contributed by atoms with Crippen LogP contribution in [0.1, 0.15) is 31.4 Å². The number of aromatic nitrogens is 1. The summed E-state index contributed by atoms with van der Waals surface area (Å²) < 4.78 is 0. The van der Waals surface area contributed by atoms with Crippen LogP contribution >= 0.6 is 0 Å². The molecule has 0 bridgehead atoms. The molecule has 1 heterocycles. The first-order valence-electron chi connectivity index (χ1n) is 6.52. The zero-order valence-corrected chi connectivity index (χ0v) is 10.9. The number of amides is 1. The summed E-state index contributed by atoms with van der Waals surface area (Å²) in [7, 11) is 0. The van der Waals surface area contributed by atoms with Gasteiger partial charge in [-0.15, -0.1) is 0 Å². The van der Waals surface area contributed by atoms with Crippen LogP contribution in [0.25, 0.3) is 0 Å². The maximum atomic E-state index is 12.0. The van der Waals surface area contributed by atoms with Crippen LogP contribution in [0.3, 0.4) is 0 Å². The Morgan fingerprint density at radius 1 is 1.21 bits per heavy atom. The maximum absolute atomic E-state index is 12.0. The molecule has 5 heteroatoms. The van der Waals surface area contributed by atoms with Gasteiger partial charge < -0.3 is 10.4 Å². The molecule has 2 rings (SSSR count). The zero-order valence-electron chi connectivity index (χ0n) is 10.9. The van der Waals surface area contributed by atoms with Crippen LogP contribution in [0.4, 0.5) is 5.69 Å². The molecule has 102 valence electrons. The molecule has 1 aliphatic carbocycles. The first-order chi connectivity index (χ1) is 9.06. The number of anilines is 1. The van der Waals surface area contributed by atoms with Gasteiger partial charge in [-0.1, -0.05) is 0 Å². The van der Waals surface area contributed by atoms with E-state index in [2.05, 4.69) is 10.3 Å². The Morgan fingerprint density at radius 3 is 2.37 bits per heavy atom. The van der Waals surface area contributed by atoms with E-state index in [1.165, 1.54) is 0 Å². The smallest absolute Gasteiger partial charge is 0.306 e. The molecular formula is C14H18N2O3. The minimum absolute atomic E-state index is 0.0329. The topological polar surface area (TPSA) is 79.3 Å². The molecule has 1 saturated carbocycles. The van der Waals surface area contributed by atoms with E-state index in [1.807, 2.05) is 19.1 Å². The molecule has 19 heavy (non-hydrogen) atoms. The van der Waals surface area contributed by atoms with Gasteiger partial charge in [-0.3, -0.25) is 14.6 Å². The van der Waals surface area contributed by atoms with E-state index >= 15 is 0 Å². The lowest BCUT2D eigenvalue weighted by molar-refractivity contribution is -0.143. The number of carboxylic acid groups (broad SMARTS) is 1. The van der Waals surface area contributed by atoms with Gasteiger partial charge in [0, 0.05) is 11.6 Å². The van der Waals surface area contributed by atoms with Gasteiger partial charge >= 0.3 is 5.97 Å². The minimum Gasteiger partial charge on any atom is -0.481 e. The Morgan fingerprint density at radius 2 is 1.84 bits per heavy atom. The van der Waals surface area contributed by atoms with Crippen molar-refractivity contribution in [2.75, 3.05) is 5.32 Å². The standard InChI is InChI=1S/C14H18N2O3/c1-9-2-7-12(8-15-9)16-13(17)10-3-5-11(6-4-10)14(18)19/h2,7-8,10-11H,3-6H2,1H3,(H,16,17)(H,18,19). The number of nitrogens with one attached hydrogen (secondary N) is 1. The van der Waals surface area contributed by atoms with Gasteiger partial charge in [0.15, 0.2) is 0 Å². The molecule has 1 fully saturated rings. The lowest BCUT2D eigenvalue weighted by atomic mass is 9.81. The number of carbonyl (C=O) groups excluding carboxylic acids is 1. The van der Waals surface area contributed by atoms with E-state index in [4.69, 9.17) is 5.11 Å². The molecule has 0 aromatic carbocycles. The molecule has 0 saturated heterocycles. The van der Waals surface area contributed by atoms with Gasteiger partial charge in [-0.2, -0.15) is 0 Å². The second-order valence-corrected chi connectivity index (χ2v) is 5.06. The summed E-state index contributed by atoms with van der Waals surface area (Å²) >= 11 is 0. The monoisotopic (exact) mass is 262 g/mol. The number of rotatable bonds is 3. The van der Waals surface area contributed by atoms with Crippen LogP contribution in [0.2, 0.25) is 0 Å². The molecule has 1 aromatic heterocycles. The second-order valence-electron chi connectivity index (χ2n) is 5.06.